The van der Waals surface area contributed by atoms with Gasteiger partial charge in [0.2, 0.25) is 0 Å². The fraction of sp³-hybridized carbons (Fsp3) is 0.400. The molecule has 5 rings (SSSR count). The summed E-state index contributed by atoms with van der Waals surface area (Å²) >= 11 is 0. The monoisotopic (exact) mass is 541 g/mol. The highest BCUT2D eigenvalue weighted by Gasteiger charge is 2.23. The molecule has 3 aromatic heterocycles. The maximum Gasteiger partial charge on any atom is 0.414 e. The molecule has 0 saturated carbocycles. The molecule has 0 spiro atoms. The number of likely N-dealkylation sites (tertiary alicyclic amines) is 1. The third-order valence-electron chi connectivity index (χ3n) is 7.18. The molecular weight excluding hydrogens is 506 g/mol. The number of ether oxygens (including phenoxy) is 2. The molecule has 208 valence electrons. The molecule has 4 aromatic rings. The molecule has 0 N–H and O–H groups in total. The van der Waals surface area contributed by atoms with E-state index in [0.717, 1.165) is 49.3 Å². The van der Waals surface area contributed by atoms with E-state index < -0.39 is 5.60 Å². The minimum absolute atomic E-state index is 0.329. The summed E-state index contributed by atoms with van der Waals surface area (Å²) in [5, 5.41) is 18.4. The van der Waals surface area contributed by atoms with Crippen LogP contribution in [-0.2, 0) is 11.3 Å². The predicted molar refractivity (Wildman–Crippen MR) is 152 cm³/mol. The van der Waals surface area contributed by atoms with E-state index in [1.165, 1.54) is 10.5 Å². The first-order valence-corrected chi connectivity index (χ1v) is 13.4. The fourth-order valence-electron chi connectivity index (χ4n) is 5.03. The van der Waals surface area contributed by atoms with Gasteiger partial charge in [-0.25, -0.2) is 9.31 Å². The number of amides is 1. The Kier molecular flexibility index (Phi) is 7.50. The summed E-state index contributed by atoms with van der Waals surface area (Å²) in [6.07, 6.45) is 9.06. The number of benzene rings is 1. The minimum Gasteiger partial charge on any atom is -0.494 e. The van der Waals surface area contributed by atoms with Crippen LogP contribution < -0.4 is 9.64 Å². The third kappa shape index (κ3) is 5.80. The summed E-state index contributed by atoms with van der Waals surface area (Å²) in [5.41, 5.74) is 4.55. The number of nitriles is 1. The summed E-state index contributed by atoms with van der Waals surface area (Å²) in [6, 6.07) is 12.5. The normalized spacial score (nSPS) is 14.7. The largest absolute Gasteiger partial charge is 0.494 e. The predicted octanol–water partition coefficient (Wildman–Crippen LogP) is 5.29. The molecule has 4 heterocycles. The van der Waals surface area contributed by atoms with Crippen LogP contribution >= 0.6 is 0 Å². The number of carbonyl (C=O) groups is 1. The van der Waals surface area contributed by atoms with Crippen molar-refractivity contribution < 1.29 is 14.3 Å². The van der Waals surface area contributed by atoms with Crippen LogP contribution in [0.5, 0.6) is 5.75 Å². The van der Waals surface area contributed by atoms with E-state index in [9.17, 15) is 10.1 Å². The number of methoxy groups -OCH3 is 1. The van der Waals surface area contributed by atoms with Crippen molar-refractivity contribution >= 4 is 17.3 Å². The van der Waals surface area contributed by atoms with Crippen LogP contribution in [0.3, 0.4) is 0 Å². The molecule has 0 unspecified atom stereocenters. The van der Waals surface area contributed by atoms with Crippen LogP contribution in [0.2, 0.25) is 0 Å². The Hall–Kier alpha value is -4.36. The summed E-state index contributed by atoms with van der Waals surface area (Å²) in [4.78, 5) is 16.3. The van der Waals surface area contributed by atoms with Crippen molar-refractivity contribution in [1.29, 1.82) is 5.26 Å². The van der Waals surface area contributed by atoms with Gasteiger partial charge in [0.1, 0.15) is 28.5 Å². The second-order valence-electron chi connectivity index (χ2n) is 11.2. The summed E-state index contributed by atoms with van der Waals surface area (Å²) in [7, 11) is 3.33. The average molecular weight is 542 g/mol. The number of piperidine rings is 1. The highest BCUT2D eigenvalue weighted by molar-refractivity contribution is 5.87. The molecule has 0 aliphatic carbocycles. The molecule has 1 saturated heterocycles. The molecule has 1 aliphatic rings. The minimum atomic E-state index is -0.527. The Bertz CT molecular complexity index is 1530. The van der Waals surface area contributed by atoms with Gasteiger partial charge in [-0.1, -0.05) is 12.1 Å². The van der Waals surface area contributed by atoms with Crippen LogP contribution in [-0.4, -0.2) is 63.2 Å². The maximum absolute atomic E-state index is 12.4. The van der Waals surface area contributed by atoms with Gasteiger partial charge < -0.3 is 9.47 Å². The van der Waals surface area contributed by atoms with E-state index in [-0.39, 0.29) is 6.09 Å². The highest BCUT2D eigenvalue weighted by atomic mass is 16.6. The van der Waals surface area contributed by atoms with Crippen LogP contribution in [0.1, 0.15) is 50.8 Å². The van der Waals surface area contributed by atoms with Crippen molar-refractivity contribution in [3.05, 3.63) is 66.2 Å². The lowest BCUT2D eigenvalue weighted by Crippen LogP contribution is -2.34. The van der Waals surface area contributed by atoms with Gasteiger partial charge in [0, 0.05) is 55.9 Å². The van der Waals surface area contributed by atoms with E-state index in [4.69, 9.17) is 9.47 Å². The Balaban J connectivity index is 1.18. The SMILES string of the molecule is COc1cc(-c2cnn(C3CCN(Cc4ccc(N(C)C(=O)OC(C)(C)C)cc4)CC3)c2)cn2ncc(C#N)c12. The maximum atomic E-state index is 12.4. The van der Waals surface area contributed by atoms with E-state index in [1.54, 1.807) is 24.9 Å². The van der Waals surface area contributed by atoms with Gasteiger partial charge in [-0.3, -0.25) is 14.5 Å². The molecule has 1 amide bonds. The van der Waals surface area contributed by atoms with Crippen molar-refractivity contribution in [2.45, 2.75) is 51.8 Å². The van der Waals surface area contributed by atoms with Gasteiger partial charge in [-0.15, -0.1) is 0 Å². The van der Waals surface area contributed by atoms with E-state index in [2.05, 4.69) is 44.2 Å². The zero-order valence-corrected chi connectivity index (χ0v) is 23.7. The zero-order valence-electron chi connectivity index (χ0n) is 23.7. The van der Waals surface area contributed by atoms with Gasteiger partial charge in [0.15, 0.2) is 0 Å². The summed E-state index contributed by atoms with van der Waals surface area (Å²) < 4.78 is 14.8. The number of anilines is 1. The summed E-state index contributed by atoms with van der Waals surface area (Å²) in [5.74, 6) is 0.608. The molecule has 10 heteroatoms. The number of hydrogen-bond donors (Lipinski definition) is 0. The van der Waals surface area contributed by atoms with E-state index in [1.807, 2.05) is 51.4 Å². The number of nitrogens with zero attached hydrogens (tertiary/aromatic N) is 7. The van der Waals surface area contributed by atoms with Gasteiger partial charge in [0.05, 0.1) is 25.5 Å². The van der Waals surface area contributed by atoms with Crippen molar-refractivity contribution in [2.75, 3.05) is 32.1 Å². The fourth-order valence-corrected chi connectivity index (χ4v) is 5.03. The first-order valence-electron chi connectivity index (χ1n) is 13.4. The van der Waals surface area contributed by atoms with Crippen LogP contribution in [0.15, 0.2) is 55.1 Å². The standard InChI is InChI=1S/C30H35N7O3/c1-30(2,3)40-29(38)34(4)25-8-6-21(7-9-25)18-35-12-10-26(11-13-35)36-20-24(17-32-36)22-14-27(39-5)28-23(15-31)16-33-37(28)19-22/h6-9,14,16-17,19-20,26H,10-13,18H2,1-5H3. The average Bonchev–Trinajstić information content (AvgIpc) is 3.60. The van der Waals surface area contributed by atoms with Crippen molar-refractivity contribution in [3.63, 3.8) is 0 Å². The second-order valence-corrected chi connectivity index (χ2v) is 11.2. The van der Waals surface area contributed by atoms with Crippen LogP contribution in [0.25, 0.3) is 16.6 Å². The lowest BCUT2D eigenvalue weighted by atomic mass is 10.0. The Morgan fingerprint density at radius 2 is 1.82 bits per heavy atom. The molecule has 1 aromatic carbocycles. The highest BCUT2D eigenvalue weighted by Crippen LogP contribution is 2.31. The van der Waals surface area contributed by atoms with Crippen molar-refractivity contribution in [3.8, 4) is 22.9 Å². The zero-order chi connectivity index (χ0) is 28.4. The van der Waals surface area contributed by atoms with Gasteiger partial charge >= 0.3 is 6.09 Å². The Morgan fingerprint density at radius 3 is 2.48 bits per heavy atom. The van der Waals surface area contributed by atoms with Crippen molar-refractivity contribution in [2.24, 2.45) is 0 Å². The lowest BCUT2D eigenvalue weighted by Gasteiger charge is -2.32. The molecule has 1 fully saturated rings. The number of aromatic nitrogens is 4. The first-order chi connectivity index (χ1) is 19.1. The van der Waals surface area contributed by atoms with Gasteiger partial charge in [0.25, 0.3) is 0 Å². The quantitative estimate of drug-likeness (QED) is 0.327. The van der Waals surface area contributed by atoms with Crippen molar-refractivity contribution in [1.82, 2.24) is 24.3 Å². The van der Waals surface area contributed by atoms with Crippen LogP contribution in [0.4, 0.5) is 10.5 Å². The van der Waals surface area contributed by atoms with Gasteiger partial charge in [-0.2, -0.15) is 15.5 Å². The number of rotatable bonds is 6. The third-order valence-corrected chi connectivity index (χ3v) is 7.18. The molecule has 0 bridgehead atoms. The Morgan fingerprint density at radius 1 is 1.10 bits per heavy atom. The molecule has 40 heavy (non-hydrogen) atoms. The lowest BCUT2D eigenvalue weighted by molar-refractivity contribution is 0.0589. The number of hydrogen-bond acceptors (Lipinski definition) is 7. The molecule has 1 aliphatic heterocycles. The second kappa shape index (κ2) is 11.0. The molecular formula is C30H35N7O3. The first kappa shape index (κ1) is 27.2. The smallest absolute Gasteiger partial charge is 0.414 e. The Labute approximate surface area is 234 Å². The van der Waals surface area contributed by atoms with E-state index in [0.29, 0.717) is 22.9 Å². The number of pyridine rings is 1. The molecule has 0 atom stereocenters. The topological polar surface area (TPSA) is 101 Å². The van der Waals surface area contributed by atoms with Gasteiger partial charge in [-0.05, 0) is 57.4 Å². The van der Waals surface area contributed by atoms with E-state index >= 15 is 0 Å². The number of carbonyl (C=O) groups excluding carboxylic acids is 1. The van der Waals surface area contributed by atoms with Crippen LogP contribution in [0, 0.1) is 11.3 Å². The summed E-state index contributed by atoms with van der Waals surface area (Å²) in [6.45, 7) is 8.40. The number of fused-ring (bicyclic) bond motifs is 1. The molecule has 10 nitrogen and oxygen atoms in total. The molecule has 0 radical (unpaired) electrons.